The van der Waals surface area contributed by atoms with Gasteiger partial charge in [0.2, 0.25) is 0 Å². The maximum Gasteiger partial charge on any atom is 0.314 e. The van der Waals surface area contributed by atoms with Crippen molar-refractivity contribution in [3.05, 3.63) is 18.3 Å². The van der Waals surface area contributed by atoms with Gasteiger partial charge in [0, 0.05) is 32.2 Å². The number of pyridine rings is 1. The molecule has 6 heteroatoms. The first kappa shape index (κ1) is 14.0. The van der Waals surface area contributed by atoms with Crippen LogP contribution in [-0.2, 0) is 0 Å². The van der Waals surface area contributed by atoms with E-state index in [1.165, 1.54) is 12.8 Å². The molecule has 3 N–H and O–H groups in total. The number of aromatic nitrogens is 1. The molecular formula is C15H23N5O. The van der Waals surface area contributed by atoms with Gasteiger partial charge in [-0.15, -0.1) is 0 Å². The number of hydrogen-bond acceptors (Lipinski definition) is 4. The Morgan fingerprint density at radius 3 is 2.48 bits per heavy atom. The molecule has 1 aromatic rings. The van der Waals surface area contributed by atoms with E-state index >= 15 is 0 Å². The second kappa shape index (κ2) is 6.20. The minimum absolute atomic E-state index is 0.315. The van der Waals surface area contributed by atoms with E-state index in [9.17, 15) is 4.79 Å². The van der Waals surface area contributed by atoms with Crippen LogP contribution in [0, 0.1) is 0 Å². The van der Waals surface area contributed by atoms with Gasteiger partial charge in [-0.1, -0.05) is 0 Å². The zero-order valence-corrected chi connectivity index (χ0v) is 12.3. The molecule has 3 heterocycles. The molecule has 3 rings (SSSR count). The zero-order valence-electron chi connectivity index (χ0n) is 12.3. The quantitative estimate of drug-likeness (QED) is 0.887. The number of nitrogens with zero attached hydrogens (tertiary/aromatic N) is 3. The first-order valence-corrected chi connectivity index (χ1v) is 7.74. The fourth-order valence-electron chi connectivity index (χ4n) is 3.08. The summed E-state index contributed by atoms with van der Waals surface area (Å²) >= 11 is 0. The maximum atomic E-state index is 11.1. The minimum Gasteiger partial charge on any atom is -0.381 e. The van der Waals surface area contributed by atoms with E-state index in [4.69, 9.17) is 5.73 Å². The third kappa shape index (κ3) is 3.37. The summed E-state index contributed by atoms with van der Waals surface area (Å²) in [7, 11) is 0. The second-order valence-corrected chi connectivity index (χ2v) is 5.84. The zero-order chi connectivity index (χ0) is 14.7. The van der Waals surface area contributed by atoms with Crippen LogP contribution in [0.15, 0.2) is 18.3 Å². The molecule has 0 aliphatic carbocycles. The second-order valence-electron chi connectivity index (χ2n) is 5.84. The van der Waals surface area contributed by atoms with E-state index in [1.54, 1.807) is 4.90 Å². The average molecular weight is 289 g/mol. The summed E-state index contributed by atoms with van der Waals surface area (Å²) < 4.78 is 0. The fourth-order valence-corrected chi connectivity index (χ4v) is 3.08. The molecular weight excluding hydrogens is 266 g/mol. The standard InChI is InChI=1S/C15H23N5O/c16-15(21)20-9-5-12(6-10-20)18-13-3-4-14(17-11-13)19-7-1-2-8-19/h3-4,11-12,18H,1-2,5-10H2,(H2,16,21). The van der Waals surface area contributed by atoms with Crippen molar-refractivity contribution in [1.82, 2.24) is 9.88 Å². The largest absolute Gasteiger partial charge is 0.381 e. The van der Waals surface area contributed by atoms with Crippen molar-refractivity contribution in [2.45, 2.75) is 31.7 Å². The molecule has 0 bridgehead atoms. The molecule has 2 fully saturated rings. The third-order valence-corrected chi connectivity index (χ3v) is 4.36. The number of primary amides is 1. The highest BCUT2D eigenvalue weighted by atomic mass is 16.2. The van der Waals surface area contributed by atoms with Gasteiger partial charge in [0.15, 0.2) is 0 Å². The number of rotatable bonds is 3. The number of nitrogens with two attached hydrogens (primary N) is 1. The number of anilines is 2. The molecule has 6 nitrogen and oxygen atoms in total. The van der Waals surface area contributed by atoms with Crippen LogP contribution in [0.2, 0.25) is 0 Å². The Morgan fingerprint density at radius 2 is 1.90 bits per heavy atom. The van der Waals surface area contributed by atoms with Crippen molar-refractivity contribution in [3.63, 3.8) is 0 Å². The van der Waals surface area contributed by atoms with Crippen molar-refractivity contribution in [1.29, 1.82) is 0 Å². The van der Waals surface area contributed by atoms with E-state index in [2.05, 4.69) is 27.3 Å². The lowest BCUT2D eigenvalue weighted by molar-refractivity contribution is 0.193. The SMILES string of the molecule is NC(=O)N1CCC(Nc2ccc(N3CCCC3)nc2)CC1. The van der Waals surface area contributed by atoms with E-state index < -0.39 is 0 Å². The summed E-state index contributed by atoms with van der Waals surface area (Å²) in [5.74, 6) is 1.07. The van der Waals surface area contributed by atoms with Gasteiger partial charge in [-0.25, -0.2) is 9.78 Å². The predicted octanol–water partition coefficient (Wildman–Crippen LogP) is 1.64. The highest BCUT2D eigenvalue weighted by Crippen LogP contribution is 2.21. The van der Waals surface area contributed by atoms with Gasteiger partial charge in [-0.05, 0) is 37.8 Å². The molecule has 2 amide bonds. The monoisotopic (exact) mass is 289 g/mol. The lowest BCUT2D eigenvalue weighted by atomic mass is 10.1. The van der Waals surface area contributed by atoms with Gasteiger partial charge < -0.3 is 20.9 Å². The van der Waals surface area contributed by atoms with Crippen molar-refractivity contribution in [2.24, 2.45) is 5.73 Å². The molecule has 21 heavy (non-hydrogen) atoms. The van der Waals surface area contributed by atoms with Crippen molar-refractivity contribution in [3.8, 4) is 0 Å². The van der Waals surface area contributed by atoms with Crippen molar-refractivity contribution in [2.75, 3.05) is 36.4 Å². The van der Waals surface area contributed by atoms with Crippen LogP contribution >= 0.6 is 0 Å². The summed E-state index contributed by atoms with van der Waals surface area (Å²) in [5.41, 5.74) is 6.34. The molecule has 0 unspecified atom stereocenters. The normalized spacial score (nSPS) is 19.8. The molecule has 0 aromatic carbocycles. The minimum atomic E-state index is -0.315. The first-order valence-electron chi connectivity index (χ1n) is 7.74. The Labute approximate surface area is 125 Å². The van der Waals surface area contributed by atoms with E-state index in [0.717, 1.165) is 50.5 Å². The Kier molecular flexibility index (Phi) is 4.13. The van der Waals surface area contributed by atoms with Gasteiger partial charge in [-0.2, -0.15) is 0 Å². The number of amides is 2. The molecule has 2 aliphatic rings. The van der Waals surface area contributed by atoms with Crippen molar-refractivity contribution >= 4 is 17.5 Å². The Bertz CT molecular complexity index is 475. The van der Waals surface area contributed by atoms with Gasteiger partial charge in [0.05, 0.1) is 11.9 Å². The molecule has 2 saturated heterocycles. The number of urea groups is 1. The first-order chi connectivity index (χ1) is 10.2. The van der Waals surface area contributed by atoms with Crippen LogP contribution in [0.5, 0.6) is 0 Å². The lowest BCUT2D eigenvalue weighted by Crippen LogP contribution is -2.44. The van der Waals surface area contributed by atoms with Crippen LogP contribution in [0.3, 0.4) is 0 Å². The Hall–Kier alpha value is -1.98. The van der Waals surface area contributed by atoms with E-state index in [0.29, 0.717) is 6.04 Å². The number of hydrogen-bond donors (Lipinski definition) is 2. The van der Waals surface area contributed by atoms with Gasteiger partial charge in [-0.3, -0.25) is 0 Å². The highest BCUT2D eigenvalue weighted by Gasteiger charge is 2.21. The van der Waals surface area contributed by atoms with Crippen LogP contribution in [0.4, 0.5) is 16.3 Å². The summed E-state index contributed by atoms with van der Waals surface area (Å²) in [6.45, 7) is 3.69. The van der Waals surface area contributed by atoms with Crippen LogP contribution in [-0.4, -0.2) is 48.1 Å². The molecule has 0 atom stereocenters. The number of carbonyl (C=O) groups is 1. The Balaban J connectivity index is 1.52. The van der Waals surface area contributed by atoms with Crippen LogP contribution in [0.1, 0.15) is 25.7 Å². The Morgan fingerprint density at radius 1 is 1.19 bits per heavy atom. The number of nitrogens with one attached hydrogen (secondary N) is 1. The van der Waals surface area contributed by atoms with Gasteiger partial charge in [0.1, 0.15) is 5.82 Å². The summed E-state index contributed by atoms with van der Waals surface area (Å²) in [4.78, 5) is 19.7. The average Bonchev–Trinajstić information content (AvgIpc) is 3.03. The highest BCUT2D eigenvalue weighted by molar-refractivity contribution is 5.72. The smallest absolute Gasteiger partial charge is 0.314 e. The van der Waals surface area contributed by atoms with Crippen LogP contribution < -0.4 is 16.0 Å². The number of carbonyl (C=O) groups excluding carboxylic acids is 1. The van der Waals surface area contributed by atoms with Gasteiger partial charge in [0.25, 0.3) is 0 Å². The molecule has 1 aromatic heterocycles. The maximum absolute atomic E-state index is 11.1. The van der Waals surface area contributed by atoms with E-state index in [-0.39, 0.29) is 6.03 Å². The van der Waals surface area contributed by atoms with Crippen LogP contribution in [0.25, 0.3) is 0 Å². The molecule has 0 spiro atoms. The topological polar surface area (TPSA) is 74.5 Å². The predicted molar refractivity (Wildman–Crippen MR) is 83.5 cm³/mol. The van der Waals surface area contributed by atoms with E-state index in [1.807, 2.05) is 6.20 Å². The number of piperidine rings is 1. The fraction of sp³-hybridized carbons (Fsp3) is 0.600. The lowest BCUT2D eigenvalue weighted by Gasteiger charge is -2.31. The molecule has 0 radical (unpaired) electrons. The van der Waals surface area contributed by atoms with Crippen molar-refractivity contribution < 1.29 is 4.79 Å². The summed E-state index contributed by atoms with van der Waals surface area (Å²) in [6, 6.07) is 4.26. The summed E-state index contributed by atoms with van der Waals surface area (Å²) in [5, 5.41) is 3.50. The molecule has 114 valence electrons. The summed E-state index contributed by atoms with van der Waals surface area (Å²) in [6.07, 6.45) is 6.29. The molecule has 0 saturated carbocycles. The number of likely N-dealkylation sites (tertiary alicyclic amines) is 1. The molecule has 2 aliphatic heterocycles. The van der Waals surface area contributed by atoms with Gasteiger partial charge >= 0.3 is 6.03 Å². The third-order valence-electron chi connectivity index (χ3n) is 4.36.